The van der Waals surface area contributed by atoms with Crippen molar-refractivity contribution in [3.63, 3.8) is 0 Å². The third-order valence-electron chi connectivity index (χ3n) is 5.91. The number of morpholine rings is 1. The Morgan fingerprint density at radius 2 is 1.82 bits per heavy atom. The van der Waals surface area contributed by atoms with E-state index in [1.165, 1.54) is 30.7 Å². The van der Waals surface area contributed by atoms with Crippen molar-refractivity contribution in [3.05, 3.63) is 60.0 Å². The molecule has 3 aromatic rings. The van der Waals surface area contributed by atoms with E-state index in [1.54, 1.807) is 19.1 Å². The van der Waals surface area contributed by atoms with Crippen LogP contribution in [0.2, 0.25) is 0 Å². The molecular weight excluding hydrogens is 505 g/mol. The number of Topliss-reactive ketones (excluding diaryl/α,β-unsaturated/α-hetero) is 1. The molecule has 200 valence electrons. The lowest BCUT2D eigenvalue weighted by Gasteiger charge is -2.31. The lowest BCUT2D eigenvalue weighted by atomic mass is 10.0. The van der Waals surface area contributed by atoms with Gasteiger partial charge in [0.15, 0.2) is 11.5 Å². The first-order chi connectivity index (χ1) is 18.1. The SMILES string of the molecule is CC(C(=O)Nc1cc(C(=O)Cc2ccc(-c3cnc(N)nc3)nc2)ccc1OC(F)(F)F)N1CCOCC1. The van der Waals surface area contributed by atoms with Crippen LogP contribution in [0.25, 0.3) is 11.3 Å². The molecule has 0 bridgehead atoms. The molecule has 1 atom stereocenters. The number of ether oxygens (including phenoxy) is 2. The van der Waals surface area contributed by atoms with Gasteiger partial charge in [-0.3, -0.25) is 19.5 Å². The maximum Gasteiger partial charge on any atom is 0.573 e. The van der Waals surface area contributed by atoms with Crippen molar-refractivity contribution in [2.24, 2.45) is 0 Å². The highest BCUT2D eigenvalue weighted by atomic mass is 19.4. The van der Waals surface area contributed by atoms with Crippen molar-refractivity contribution in [1.29, 1.82) is 0 Å². The summed E-state index contributed by atoms with van der Waals surface area (Å²) in [5.41, 5.74) is 7.14. The summed E-state index contributed by atoms with van der Waals surface area (Å²) < 4.78 is 48.3. The van der Waals surface area contributed by atoms with Gasteiger partial charge in [0, 0.05) is 49.2 Å². The molecular formula is C25H25F3N6O4. The number of pyridine rings is 1. The van der Waals surface area contributed by atoms with Crippen molar-refractivity contribution in [1.82, 2.24) is 19.9 Å². The van der Waals surface area contributed by atoms with E-state index < -0.39 is 24.1 Å². The van der Waals surface area contributed by atoms with Crippen LogP contribution in [0.5, 0.6) is 5.75 Å². The Morgan fingerprint density at radius 3 is 2.45 bits per heavy atom. The van der Waals surface area contributed by atoms with Crippen LogP contribution in [0.3, 0.4) is 0 Å². The minimum atomic E-state index is -4.98. The topological polar surface area (TPSA) is 133 Å². The molecule has 1 unspecified atom stereocenters. The Morgan fingerprint density at radius 1 is 1.11 bits per heavy atom. The number of carbonyl (C=O) groups is 2. The van der Waals surface area contributed by atoms with Gasteiger partial charge in [0.2, 0.25) is 11.9 Å². The number of rotatable bonds is 8. The highest BCUT2D eigenvalue weighted by Gasteiger charge is 2.33. The number of amides is 1. The van der Waals surface area contributed by atoms with Gasteiger partial charge in [-0.2, -0.15) is 0 Å². The van der Waals surface area contributed by atoms with Gasteiger partial charge in [-0.25, -0.2) is 9.97 Å². The molecule has 1 amide bonds. The van der Waals surface area contributed by atoms with Crippen LogP contribution in [0, 0.1) is 0 Å². The van der Waals surface area contributed by atoms with Crippen molar-refractivity contribution in [2.45, 2.75) is 25.7 Å². The Labute approximate surface area is 216 Å². The molecule has 4 rings (SSSR count). The van der Waals surface area contributed by atoms with Crippen molar-refractivity contribution < 1.29 is 32.2 Å². The second-order valence-electron chi connectivity index (χ2n) is 8.55. The molecule has 3 heterocycles. The summed E-state index contributed by atoms with van der Waals surface area (Å²) in [5.74, 6) is -1.40. The van der Waals surface area contributed by atoms with Gasteiger partial charge in [-0.1, -0.05) is 6.07 Å². The number of nitrogen functional groups attached to an aromatic ring is 1. The lowest BCUT2D eigenvalue weighted by molar-refractivity contribution is -0.274. The third kappa shape index (κ3) is 7.01. The van der Waals surface area contributed by atoms with Crippen molar-refractivity contribution in [3.8, 4) is 17.0 Å². The van der Waals surface area contributed by atoms with Crippen molar-refractivity contribution in [2.75, 3.05) is 37.4 Å². The van der Waals surface area contributed by atoms with Gasteiger partial charge in [0.25, 0.3) is 0 Å². The molecule has 1 fully saturated rings. The predicted octanol–water partition coefficient (Wildman–Crippen LogP) is 3.10. The number of alkyl halides is 3. The van der Waals surface area contributed by atoms with Crippen LogP contribution in [0.1, 0.15) is 22.8 Å². The van der Waals surface area contributed by atoms with Crippen LogP contribution in [0.15, 0.2) is 48.9 Å². The zero-order valence-corrected chi connectivity index (χ0v) is 20.4. The standard InChI is InChI=1S/C25H25F3N6O4/c1-15(34-6-8-37-9-7-34)23(36)33-20-11-17(3-5-22(20)38-25(26,27)28)21(35)10-16-2-4-19(30-12-16)18-13-31-24(29)32-14-18/h2-5,11-15H,6-10H2,1H3,(H,33,36)(H2,29,31,32). The van der Waals surface area contributed by atoms with Gasteiger partial charge >= 0.3 is 6.36 Å². The number of aromatic nitrogens is 3. The van der Waals surface area contributed by atoms with E-state index in [-0.39, 0.29) is 29.4 Å². The fourth-order valence-corrected chi connectivity index (χ4v) is 3.84. The highest BCUT2D eigenvalue weighted by Crippen LogP contribution is 2.32. The molecule has 1 saturated heterocycles. The smallest absolute Gasteiger partial charge is 0.404 e. The van der Waals surface area contributed by atoms with Crippen LogP contribution < -0.4 is 15.8 Å². The van der Waals surface area contributed by atoms with E-state index in [0.29, 0.717) is 43.1 Å². The number of hydrogen-bond acceptors (Lipinski definition) is 9. The van der Waals surface area contributed by atoms with Gasteiger partial charge in [-0.15, -0.1) is 13.2 Å². The molecule has 1 aliphatic heterocycles. The number of carbonyl (C=O) groups excluding carboxylic acids is 2. The first-order valence-electron chi connectivity index (χ1n) is 11.7. The zero-order valence-electron chi connectivity index (χ0n) is 20.4. The summed E-state index contributed by atoms with van der Waals surface area (Å²) in [6.45, 7) is 3.57. The maximum absolute atomic E-state index is 13.0. The molecule has 1 aliphatic rings. The summed E-state index contributed by atoms with van der Waals surface area (Å²) in [6.07, 6.45) is -0.491. The molecule has 2 aromatic heterocycles. The van der Waals surface area contributed by atoms with E-state index in [9.17, 15) is 22.8 Å². The average molecular weight is 531 g/mol. The number of nitrogens with zero attached hydrogens (tertiary/aromatic N) is 4. The Bertz CT molecular complexity index is 1280. The first kappa shape index (κ1) is 26.9. The van der Waals surface area contributed by atoms with Gasteiger partial charge in [-0.05, 0) is 36.8 Å². The second-order valence-corrected chi connectivity index (χ2v) is 8.55. The van der Waals surface area contributed by atoms with Crippen molar-refractivity contribution >= 4 is 23.3 Å². The molecule has 1 aromatic carbocycles. The molecule has 0 aliphatic carbocycles. The lowest BCUT2D eigenvalue weighted by Crippen LogP contribution is -2.47. The average Bonchev–Trinajstić information content (AvgIpc) is 2.90. The zero-order chi connectivity index (χ0) is 27.3. The molecule has 0 spiro atoms. The van der Waals surface area contributed by atoms with Gasteiger partial charge in [0.1, 0.15) is 0 Å². The number of nitrogens with two attached hydrogens (primary N) is 1. The summed E-state index contributed by atoms with van der Waals surface area (Å²) in [6, 6.07) is 6.17. The monoisotopic (exact) mass is 530 g/mol. The Kier molecular flexibility index (Phi) is 8.17. The highest BCUT2D eigenvalue weighted by molar-refractivity contribution is 6.01. The number of hydrogen-bond donors (Lipinski definition) is 2. The van der Waals surface area contributed by atoms with Gasteiger partial charge < -0.3 is 20.5 Å². The largest absolute Gasteiger partial charge is 0.573 e. The quantitative estimate of drug-likeness (QED) is 0.422. The summed E-state index contributed by atoms with van der Waals surface area (Å²) in [4.78, 5) is 39.8. The third-order valence-corrected chi connectivity index (χ3v) is 5.91. The van der Waals surface area contributed by atoms with Gasteiger partial charge in [0.05, 0.1) is 30.6 Å². The van der Waals surface area contributed by atoms with Crippen LogP contribution in [-0.4, -0.2) is 70.2 Å². The molecule has 13 heteroatoms. The van der Waals surface area contributed by atoms with E-state index >= 15 is 0 Å². The minimum absolute atomic E-state index is 0.0669. The number of anilines is 2. The molecule has 0 radical (unpaired) electrons. The molecule has 3 N–H and O–H groups in total. The second kappa shape index (κ2) is 11.5. The normalized spacial score (nSPS) is 15.1. The number of ketones is 1. The predicted molar refractivity (Wildman–Crippen MR) is 131 cm³/mol. The number of halogens is 3. The minimum Gasteiger partial charge on any atom is -0.404 e. The Hall–Kier alpha value is -4.10. The van der Waals surface area contributed by atoms with E-state index in [1.807, 2.05) is 4.90 Å². The molecule has 0 saturated carbocycles. The fraction of sp³-hybridized carbons (Fsp3) is 0.320. The molecule has 10 nitrogen and oxygen atoms in total. The maximum atomic E-state index is 13.0. The Balaban J connectivity index is 1.50. The molecule has 38 heavy (non-hydrogen) atoms. The summed E-state index contributed by atoms with van der Waals surface area (Å²) in [5, 5.41) is 2.49. The van der Waals surface area contributed by atoms with Crippen LogP contribution in [0.4, 0.5) is 24.8 Å². The van der Waals surface area contributed by atoms with E-state index in [0.717, 1.165) is 6.07 Å². The van der Waals surface area contributed by atoms with E-state index in [2.05, 4.69) is 25.0 Å². The summed E-state index contributed by atoms with van der Waals surface area (Å²) >= 11 is 0. The van der Waals surface area contributed by atoms with Crippen LogP contribution in [-0.2, 0) is 16.0 Å². The summed E-state index contributed by atoms with van der Waals surface area (Å²) in [7, 11) is 0. The fourth-order valence-electron chi connectivity index (χ4n) is 3.84. The number of nitrogens with one attached hydrogen (secondary N) is 1. The first-order valence-corrected chi connectivity index (χ1v) is 11.7. The van der Waals surface area contributed by atoms with Crippen LogP contribution >= 0.6 is 0 Å². The van der Waals surface area contributed by atoms with E-state index in [4.69, 9.17) is 10.5 Å². The number of benzene rings is 1.